The number of hydrogen-bond donors (Lipinski definition) is 0. The van der Waals surface area contributed by atoms with E-state index in [1.165, 1.54) is 25.7 Å². The smallest absolute Gasteiger partial charge is 0.120 e. The van der Waals surface area contributed by atoms with Crippen molar-refractivity contribution in [1.29, 1.82) is 0 Å². The molecule has 0 aromatic heterocycles. The van der Waals surface area contributed by atoms with Crippen molar-refractivity contribution < 1.29 is 4.74 Å². The molecule has 0 aliphatic carbocycles. The van der Waals surface area contributed by atoms with Gasteiger partial charge in [-0.2, -0.15) is 0 Å². The van der Waals surface area contributed by atoms with Crippen molar-refractivity contribution in [3.63, 3.8) is 0 Å². The standard InChI is InChI=1S/C15H22Br2O/c1-3-8-15(11-16,9-4-2)12-18-14-7-5-6-13(17)10-14/h5-7,10H,3-4,8-9,11-12H2,1-2H3. The molecule has 0 fully saturated rings. The Kier molecular flexibility index (Phi) is 7.31. The lowest BCUT2D eigenvalue weighted by molar-refractivity contribution is 0.144. The van der Waals surface area contributed by atoms with E-state index in [0.29, 0.717) is 0 Å². The van der Waals surface area contributed by atoms with Gasteiger partial charge in [0.1, 0.15) is 5.75 Å². The average molecular weight is 378 g/mol. The minimum atomic E-state index is 0.270. The van der Waals surface area contributed by atoms with Crippen molar-refractivity contribution in [3.8, 4) is 5.75 Å². The molecule has 0 N–H and O–H groups in total. The zero-order valence-electron chi connectivity index (χ0n) is 11.2. The number of ether oxygens (including phenoxy) is 1. The van der Waals surface area contributed by atoms with Crippen molar-refractivity contribution in [2.45, 2.75) is 39.5 Å². The van der Waals surface area contributed by atoms with Gasteiger partial charge in [-0.05, 0) is 31.0 Å². The van der Waals surface area contributed by atoms with E-state index in [4.69, 9.17) is 4.74 Å². The highest BCUT2D eigenvalue weighted by molar-refractivity contribution is 9.10. The summed E-state index contributed by atoms with van der Waals surface area (Å²) in [5.74, 6) is 0.946. The van der Waals surface area contributed by atoms with E-state index in [2.05, 4.69) is 45.7 Å². The Bertz CT molecular complexity index is 346. The molecule has 0 unspecified atom stereocenters. The van der Waals surface area contributed by atoms with Crippen molar-refractivity contribution in [1.82, 2.24) is 0 Å². The molecule has 1 nitrogen and oxygen atoms in total. The molecule has 0 amide bonds. The molecule has 102 valence electrons. The van der Waals surface area contributed by atoms with Crippen LogP contribution in [0.5, 0.6) is 5.75 Å². The lowest BCUT2D eigenvalue weighted by Gasteiger charge is -2.31. The van der Waals surface area contributed by atoms with Gasteiger partial charge >= 0.3 is 0 Å². The number of benzene rings is 1. The van der Waals surface area contributed by atoms with Crippen molar-refractivity contribution in [3.05, 3.63) is 28.7 Å². The van der Waals surface area contributed by atoms with Gasteiger partial charge < -0.3 is 4.74 Å². The summed E-state index contributed by atoms with van der Waals surface area (Å²) in [5, 5.41) is 1.01. The SMILES string of the molecule is CCCC(CBr)(CCC)COc1cccc(Br)c1. The Hall–Kier alpha value is -0.0200. The maximum Gasteiger partial charge on any atom is 0.120 e. The first-order chi connectivity index (χ1) is 8.65. The van der Waals surface area contributed by atoms with E-state index in [1.54, 1.807) is 0 Å². The normalized spacial score (nSPS) is 11.6. The second kappa shape index (κ2) is 8.21. The molecule has 18 heavy (non-hydrogen) atoms. The van der Waals surface area contributed by atoms with Crippen LogP contribution in [0.15, 0.2) is 28.7 Å². The fourth-order valence-corrected chi connectivity index (χ4v) is 3.40. The van der Waals surface area contributed by atoms with Crippen LogP contribution in [0.25, 0.3) is 0 Å². The number of halogens is 2. The molecule has 1 aromatic carbocycles. The molecule has 0 spiro atoms. The summed E-state index contributed by atoms with van der Waals surface area (Å²) in [6.07, 6.45) is 4.82. The van der Waals surface area contributed by atoms with Crippen LogP contribution >= 0.6 is 31.9 Å². The van der Waals surface area contributed by atoms with Gasteiger partial charge in [-0.15, -0.1) is 0 Å². The van der Waals surface area contributed by atoms with Gasteiger partial charge in [0, 0.05) is 15.2 Å². The zero-order chi connectivity index (χ0) is 13.4. The molecule has 0 aliphatic heterocycles. The zero-order valence-corrected chi connectivity index (χ0v) is 14.4. The molecular formula is C15H22Br2O. The second-order valence-electron chi connectivity index (χ2n) is 4.88. The highest BCUT2D eigenvalue weighted by Crippen LogP contribution is 2.33. The van der Waals surface area contributed by atoms with Gasteiger partial charge in [-0.3, -0.25) is 0 Å². The largest absolute Gasteiger partial charge is 0.493 e. The summed E-state index contributed by atoms with van der Waals surface area (Å²) in [6, 6.07) is 8.07. The lowest BCUT2D eigenvalue weighted by atomic mass is 9.82. The van der Waals surface area contributed by atoms with E-state index in [0.717, 1.165) is 22.2 Å². The maximum absolute atomic E-state index is 5.99. The third kappa shape index (κ3) is 4.93. The Labute approximate surface area is 128 Å². The number of rotatable bonds is 8. The third-order valence-corrected chi connectivity index (χ3v) is 4.87. The fourth-order valence-electron chi connectivity index (χ4n) is 2.30. The minimum Gasteiger partial charge on any atom is -0.493 e. The summed E-state index contributed by atoms with van der Waals surface area (Å²) in [4.78, 5) is 0. The Morgan fingerprint density at radius 1 is 1.17 bits per heavy atom. The van der Waals surface area contributed by atoms with Crippen molar-refractivity contribution in [2.75, 3.05) is 11.9 Å². The van der Waals surface area contributed by atoms with E-state index >= 15 is 0 Å². The van der Waals surface area contributed by atoms with Crippen molar-refractivity contribution >= 4 is 31.9 Å². The average Bonchev–Trinajstić information content (AvgIpc) is 2.37. The van der Waals surface area contributed by atoms with Crippen LogP contribution in [0.2, 0.25) is 0 Å². The van der Waals surface area contributed by atoms with Gasteiger partial charge in [-0.25, -0.2) is 0 Å². The maximum atomic E-state index is 5.99. The first-order valence-electron chi connectivity index (χ1n) is 6.60. The van der Waals surface area contributed by atoms with Crippen LogP contribution in [0.3, 0.4) is 0 Å². The molecule has 0 heterocycles. The van der Waals surface area contributed by atoms with Gasteiger partial charge in [0.2, 0.25) is 0 Å². The number of hydrogen-bond acceptors (Lipinski definition) is 1. The van der Waals surface area contributed by atoms with Crippen LogP contribution in [0.4, 0.5) is 0 Å². The van der Waals surface area contributed by atoms with Crippen LogP contribution in [0.1, 0.15) is 39.5 Å². The summed E-state index contributed by atoms with van der Waals surface area (Å²) in [7, 11) is 0. The summed E-state index contributed by atoms with van der Waals surface area (Å²) in [6.45, 7) is 5.27. The Morgan fingerprint density at radius 2 is 1.83 bits per heavy atom. The quantitative estimate of drug-likeness (QED) is 0.519. The monoisotopic (exact) mass is 376 g/mol. The van der Waals surface area contributed by atoms with Gasteiger partial charge in [0.05, 0.1) is 6.61 Å². The molecule has 1 aromatic rings. The second-order valence-corrected chi connectivity index (χ2v) is 6.36. The van der Waals surface area contributed by atoms with Gasteiger partial charge in [0.15, 0.2) is 0 Å². The lowest BCUT2D eigenvalue weighted by Crippen LogP contribution is -2.30. The predicted molar refractivity (Wildman–Crippen MR) is 85.7 cm³/mol. The molecule has 0 saturated heterocycles. The van der Waals surface area contributed by atoms with Crippen LogP contribution < -0.4 is 4.74 Å². The van der Waals surface area contributed by atoms with E-state index in [1.807, 2.05) is 24.3 Å². The Balaban J connectivity index is 2.66. The highest BCUT2D eigenvalue weighted by Gasteiger charge is 2.28. The predicted octanol–water partition coefficient (Wildman–Crippen LogP) is 5.81. The first kappa shape index (κ1) is 16.0. The van der Waals surface area contributed by atoms with E-state index < -0.39 is 0 Å². The summed E-state index contributed by atoms with van der Waals surface area (Å²) in [5.41, 5.74) is 0.270. The molecule has 3 heteroatoms. The van der Waals surface area contributed by atoms with Gasteiger partial charge in [0.25, 0.3) is 0 Å². The fraction of sp³-hybridized carbons (Fsp3) is 0.600. The van der Waals surface area contributed by atoms with Gasteiger partial charge in [-0.1, -0.05) is 64.6 Å². The molecule has 1 rings (SSSR count). The van der Waals surface area contributed by atoms with Crippen LogP contribution in [-0.2, 0) is 0 Å². The number of alkyl halides is 1. The van der Waals surface area contributed by atoms with Crippen LogP contribution in [-0.4, -0.2) is 11.9 Å². The van der Waals surface area contributed by atoms with E-state index in [-0.39, 0.29) is 5.41 Å². The molecule has 0 aliphatic rings. The Morgan fingerprint density at radius 3 is 2.33 bits per heavy atom. The summed E-state index contributed by atoms with van der Waals surface area (Å²) < 4.78 is 7.05. The third-order valence-electron chi connectivity index (χ3n) is 3.19. The highest BCUT2D eigenvalue weighted by atomic mass is 79.9. The molecule has 0 bridgehead atoms. The molecule has 0 saturated carbocycles. The minimum absolute atomic E-state index is 0.270. The molecule has 0 atom stereocenters. The molecule has 0 radical (unpaired) electrons. The van der Waals surface area contributed by atoms with E-state index in [9.17, 15) is 0 Å². The van der Waals surface area contributed by atoms with Crippen LogP contribution in [0, 0.1) is 5.41 Å². The summed E-state index contributed by atoms with van der Waals surface area (Å²) >= 11 is 7.15. The van der Waals surface area contributed by atoms with Crippen molar-refractivity contribution in [2.24, 2.45) is 5.41 Å². The molecular weight excluding hydrogens is 356 g/mol. The topological polar surface area (TPSA) is 9.23 Å². The first-order valence-corrected chi connectivity index (χ1v) is 8.51.